The van der Waals surface area contributed by atoms with E-state index in [0.717, 1.165) is 10.5 Å². The Kier molecular flexibility index (Phi) is 9.35. The Morgan fingerprint density at radius 2 is 1.33 bits per heavy atom. The van der Waals surface area contributed by atoms with Crippen LogP contribution >= 0.6 is 11.8 Å². The molecule has 0 unspecified atom stereocenters. The highest BCUT2D eigenvalue weighted by molar-refractivity contribution is 7.99. The van der Waals surface area contributed by atoms with Gasteiger partial charge in [-0.25, -0.2) is 22.7 Å². The summed E-state index contributed by atoms with van der Waals surface area (Å²) < 4.78 is 46.3. The van der Waals surface area contributed by atoms with E-state index in [1.807, 2.05) is 10.8 Å². The zero-order chi connectivity index (χ0) is 34.0. The summed E-state index contributed by atoms with van der Waals surface area (Å²) >= 11 is 1.17. The number of carbonyl (C=O) groups is 4. The van der Waals surface area contributed by atoms with Gasteiger partial charge in [0.1, 0.15) is 11.5 Å². The first-order valence-electron chi connectivity index (χ1n) is 14.9. The average Bonchev–Trinajstić information content (AvgIpc) is 3.32. The van der Waals surface area contributed by atoms with Gasteiger partial charge in [-0.2, -0.15) is 0 Å². The number of hydrogen-bond donors (Lipinski definition) is 1. The molecule has 0 aromatic heterocycles. The molecule has 4 aromatic carbocycles. The summed E-state index contributed by atoms with van der Waals surface area (Å²) in [6.07, 6.45) is -5.30. The van der Waals surface area contributed by atoms with Gasteiger partial charge in [-0.1, -0.05) is 78.0 Å². The number of sulfonamides is 1. The summed E-state index contributed by atoms with van der Waals surface area (Å²) in [4.78, 5) is 56.1. The third kappa shape index (κ3) is 6.70. The molecular weight excluding hydrogens is 657 g/mol. The molecule has 0 radical (unpaired) electrons. The van der Waals surface area contributed by atoms with Crippen molar-refractivity contribution in [1.82, 2.24) is 9.62 Å². The van der Waals surface area contributed by atoms with Crippen LogP contribution in [0.15, 0.2) is 119 Å². The highest BCUT2D eigenvalue weighted by atomic mass is 32.2. The average molecular weight is 687 g/mol. The van der Waals surface area contributed by atoms with Crippen LogP contribution in [0.25, 0.3) is 0 Å². The number of imide groups is 1. The highest BCUT2D eigenvalue weighted by Crippen LogP contribution is 2.41. The monoisotopic (exact) mass is 686 g/mol. The van der Waals surface area contributed by atoms with E-state index in [-0.39, 0.29) is 21.6 Å². The number of carbonyl (C=O) groups excluding carboxylic acids is 4. The van der Waals surface area contributed by atoms with Gasteiger partial charge in [-0.3, -0.25) is 14.5 Å². The Labute approximate surface area is 281 Å². The van der Waals surface area contributed by atoms with Gasteiger partial charge in [-0.05, 0) is 62.4 Å². The van der Waals surface area contributed by atoms with Gasteiger partial charge >= 0.3 is 12.1 Å². The van der Waals surface area contributed by atoms with E-state index < -0.39 is 63.7 Å². The van der Waals surface area contributed by atoms with Crippen molar-refractivity contribution in [1.29, 1.82) is 0 Å². The first-order chi connectivity index (χ1) is 23.0. The van der Waals surface area contributed by atoms with Gasteiger partial charge in [0.25, 0.3) is 21.8 Å². The molecular formula is C35H30N2O9S2. The number of fused-ring (bicyclic) bond motifs is 1. The van der Waals surface area contributed by atoms with Crippen LogP contribution in [0.3, 0.4) is 0 Å². The highest BCUT2D eigenvalue weighted by Gasteiger charge is 2.56. The number of rotatable bonds is 8. The second-order valence-electron chi connectivity index (χ2n) is 11.2. The molecule has 1 fully saturated rings. The molecule has 1 N–H and O–H groups in total. The Hall–Kier alpha value is -4.98. The van der Waals surface area contributed by atoms with Crippen molar-refractivity contribution in [3.8, 4) is 0 Å². The predicted octanol–water partition coefficient (Wildman–Crippen LogP) is 5.21. The van der Waals surface area contributed by atoms with Crippen molar-refractivity contribution in [2.45, 2.75) is 53.4 Å². The maximum absolute atomic E-state index is 13.9. The number of thioether (sulfide) groups is 1. The third-order valence-corrected chi connectivity index (χ3v) is 10.4. The Morgan fingerprint density at radius 1 is 0.771 bits per heavy atom. The van der Waals surface area contributed by atoms with E-state index in [9.17, 15) is 27.6 Å². The molecule has 13 heteroatoms. The lowest BCUT2D eigenvalue weighted by Crippen LogP contribution is -2.65. The second-order valence-corrected chi connectivity index (χ2v) is 14.0. The Bertz CT molecular complexity index is 1920. The summed E-state index contributed by atoms with van der Waals surface area (Å²) in [6, 6.07) is 27.8. The van der Waals surface area contributed by atoms with E-state index >= 15 is 0 Å². The Morgan fingerprint density at radius 3 is 1.94 bits per heavy atom. The van der Waals surface area contributed by atoms with Gasteiger partial charge in [0.05, 0.1) is 27.7 Å². The molecule has 1 saturated heterocycles. The smallest absolute Gasteiger partial charge is 0.421 e. The van der Waals surface area contributed by atoms with Crippen molar-refractivity contribution in [3.05, 3.63) is 131 Å². The van der Waals surface area contributed by atoms with Crippen LogP contribution in [0.1, 0.15) is 43.6 Å². The minimum atomic E-state index is -4.40. The number of benzene rings is 4. The summed E-state index contributed by atoms with van der Waals surface area (Å²) in [5, 5.41) is 0. The lowest BCUT2D eigenvalue weighted by Gasteiger charge is -2.46. The zero-order valence-electron chi connectivity index (χ0n) is 25.7. The van der Waals surface area contributed by atoms with Crippen molar-refractivity contribution in [3.63, 3.8) is 0 Å². The Balaban J connectivity index is 1.41. The number of aryl methyl sites for hydroxylation is 1. The maximum atomic E-state index is 13.9. The number of nitrogens with zero attached hydrogens (tertiary/aromatic N) is 1. The summed E-state index contributed by atoms with van der Waals surface area (Å²) in [7, 11) is -4.40. The van der Waals surface area contributed by atoms with E-state index in [1.165, 1.54) is 48.2 Å². The fourth-order valence-corrected chi connectivity index (χ4v) is 7.67. The number of amides is 3. The van der Waals surface area contributed by atoms with Crippen LogP contribution in [-0.4, -0.2) is 67.0 Å². The van der Waals surface area contributed by atoms with Gasteiger partial charge in [0.15, 0.2) is 12.2 Å². The molecule has 246 valence electrons. The lowest BCUT2D eigenvalue weighted by atomic mass is 9.96. The number of nitrogens with one attached hydrogen (secondary N) is 1. The van der Waals surface area contributed by atoms with Gasteiger partial charge < -0.3 is 14.2 Å². The molecule has 0 aliphatic carbocycles. The molecule has 3 amide bonds. The van der Waals surface area contributed by atoms with E-state index in [0.29, 0.717) is 4.90 Å². The largest absolute Gasteiger partial charge is 0.452 e. The van der Waals surface area contributed by atoms with Crippen molar-refractivity contribution in [2.24, 2.45) is 0 Å². The van der Waals surface area contributed by atoms with Crippen LogP contribution in [0.5, 0.6) is 0 Å². The number of ether oxygens (including phenoxy) is 3. The molecule has 48 heavy (non-hydrogen) atoms. The van der Waals surface area contributed by atoms with Crippen LogP contribution in [0.4, 0.5) is 4.79 Å². The van der Waals surface area contributed by atoms with Crippen LogP contribution in [-0.2, 0) is 24.2 Å². The lowest BCUT2D eigenvalue weighted by molar-refractivity contribution is -0.167. The topological polar surface area (TPSA) is 145 Å². The third-order valence-electron chi connectivity index (χ3n) is 7.91. The van der Waals surface area contributed by atoms with Crippen molar-refractivity contribution in [2.75, 3.05) is 0 Å². The van der Waals surface area contributed by atoms with Gasteiger partial charge in [0.2, 0.25) is 0 Å². The summed E-state index contributed by atoms with van der Waals surface area (Å²) in [5.41, 5.74) is 0.220. The minimum Gasteiger partial charge on any atom is -0.452 e. The SMILES string of the molecule is Cc1ccc(S(=O)(=O)NC(=O)O[C@H]2[C@H](OC(=O)c3ccccc3)[C@@H](C)O[C@@H](Sc3ccccc3)[C@@H]2N2C(=O)c3ccccc3C2=O)cc1. The molecule has 0 saturated carbocycles. The zero-order valence-corrected chi connectivity index (χ0v) is 27.3. The van der Waals surface area contributed by atoms with Gasteiger partial charge in [-0.15, -0.1) is 0 Å². The molecule has 0 bridgehead atoms. The maximum Gasteiger partial charge on any atom is 0.421 e. The number of hydrogen-bond acceptors (Lipinski definition) is 10. The molecule has 0 spiro atoms. The molecule has 2 aliphatic rings. The van der Waals surface area contributed by atoms with Crippen molar-refractivity contribution < 1.29 is 41.8 Å². The van der Waals surface area contributed by atoms with Crippen LogP contribution in [0.2, 0.25) is 0 Å². The molecule has 4 aromatic rings. The van der Waals surface area contributed by atoms with Gasteiger partial charge in [0, 0.05) is 4.90 Å². The summed E-state index contributed by atoms with van der Waals surface area (Å²) in [6.45, 7) is 3.38. The second kappa shape index (κ2) is 13.6. The molecule has 11 nitrogen and oxygen atoms in total. The molecule has 2 aliphatic heterocycles. The van der Waals surface area contributed by atoms with E-state index in [4.69, 9.17) is 14.2 Å². The van der Waals surface area contributed by atoms with E-state index in [1.54, 1.807) is 80.6 Å². The summed E-state index contributed by atoms with van der Waals surface area (Å²) in [5.74, 6) is -2.13. The van der Waals surface area contributed by atoms with Crippen molar-refractivity contribution >= 4 is 45.7 Å². The molecule has 6 rings (SSSR count). The van der Waals surface area contributed by atoms with Crippen LogP contribution in [0, 0.1) is 6.92 Å². The standard InChI is InChI=1S/C35H30N2O9S2/c1-21-17-19-25(20-18-21)48(42,43)36-35(41)46-30-28(37-31(38)26-15-9-10-16-27(26)32(37)39)34(47-24-13-7-4-8-14-24)44-22(2)29(30)45-33(40)23-11-5-3-6-12-23/h3-20,22,28-30,34H,1-2H3,(H,36,41)/t22-,28-,29-,30-,34+/m1/s1. The molecule has 2 heterocycles. The first kappa shape index (κ1) is 32.9. The fraction of sp³-hybridized carbons (Fsp3) is 0.200. The van der Waals surface area contributed by atoms with E-state index in [2.05, 4.69) is 0 Å². The first-order valence-corrected chi connectivity index (χ1v) is 17.3. The molecule has 5 atom stereocenters. The normalized spacial score (nSPS) is 22.1. The minimum absolute atomic E-state index is 0.132. The predicted molar refractivity (Wildman–Crippen MR) is 175 cm³/mol. The van der Waals surface area contributed by atoms with Crippen LogP contribution < -0.4 is 4.72 Å². The quantitative estimate of drug-likeness (QED) is 0.194. The number of esters is 1. The fourth-order valence-electron chi connectivity index (χ4n) is 5.56.